The van der Waals surface area contributed by atoms with Crippen molar-refractivity contribution in [3.8, 4) is 11.3 Å². The van der Waals surface area contributed by atoms with E-state index in [9.17, 15) is 0 Å². The van der Waals surface area contributed by atoms with Crippen molar-refractivity contribution in [2.45, 2.75) is 20.4 Å². The maximum atomic E-state index is 6.16. The fraction of sp³-hybridized carbons (Fsp3) is 0.278. The van der Waals surface area contributed by atoms with E-state index in [0.717, 1.165) is 34.0 Å². The molecule has 0 radical (unpaired) electrons. The van der Waals surface area contributed by atoms with Crippen molar-refractivity contribution in [3.63, 3.8) is 0 Å². The molecule has 0 bridgehead atoms. The first kappa shape index (κ1) is 15.1. The largest absolute Gasteiger partial charge is 0.304 e. The molecule has 4 heteroatoms. The molecule has 0 spiro atoms. The maximum absolute atomic E-state index is 6.16. The molecule has 0 atom stereocenters. The number of rotatable bonds is 3. The average Bonchev–Trinajstić information content (AvgIpc) is 2.82. The zero-order chi connectivity index (χ0) is 15.9. The third-order valence-electron chi connectivity index (χ3n) is 3.84. The van der Waals surface area contributed by atoms with Crippen LogP contribution in [0.4, 0.5) is 0 Å². The molecule has 3 rings (SSSR count). The molecule has 2 aromatic heterocycles. The van der Waals surface area contributed by atoms with Gasteiger partial charge in [0.05, 0.1) is 11.4 Å². The van der Waals surface area contributed by atoms with Gasteiger partial charge in [-0.1, -0.05) is 23.7 Å². The van der Waals surface area contributed by atoms with E-state index >= 15 is 0 Å². The first-order chi connectivity index (χ1) is 10.5. The fourth-order valence-corrected chi connectivity index (χ4v) is 2.84. The summed E-state index contributed by atoms with van der Waals surface area (Å²) in [5, 5.41) is 0.790. The van der Waals surface area contributed by atoms with Crippen LogP contribution in [0.5, 0.6) is 0 Å². The number of hydrogen-bond donors (Lipinski definition) is 0. The third kappa shape index (κ3) is 2.62. The zero-order valence-corrected chi connectivity index (χ0v) is 14.1. The maximum Gasteiger partial charge on any atom is 0.140 e. The molecule has 0 aliphatic carbocycles. The van der Waals surface area contributed by atoms with Crippen LogP contribution in [0, 0.1) is 13.8 Å². The molecule has 114 valence electrons. The Kier molecular flexibility index (Phi) is 3.94. The van der Waals surface area contributed by atoms with Gasteiger partial charge in [-0.15, -0.1) is 0 Å². The normalized spacial score (nSPS) is 11.5. The third-order valence-corrected chi connectivity index (χ3v) is 4.27. The summed E-state index contributed by atoms with van der Waals surface area (Å²) in [6.45, 7) is 4.96. The van der Waals surface area contributed by atoms with E-state index in [0.29, 0.717) is 0 Å². The fourth-order valence-electron chi connectivity index (χ4n) is 2.73. The van der Waals surface area contributed by atoms with E-state index in [1.807, 2.05) is 19.1 Å². The number of halogens is 1. The summed E-state index contributed by atoms with van der Waals surface area (Å²) in [5.74, 6) is 0. The monoisotopic (exact) mass is 313 g/mol. The first-order valence-corrected chi connectivity index (χ1v) is 7.73. The van der Waals surface area contributed by atoms with Gasteiger partial charge in [0.2, 0.25) is 0 Å². The molecule has 0 fully saturated rings. The Morgan fingerprint density at radius 1 is 1.14 bits per heavy atom. The van der Waals surface area contributed by atoms with Crippen LogP contribution in [0.15, 0.2) is 36.5 Å². The average molecular weight is 314 g/mol. The number of aryl methyl sites for hydroxylation is 2. The highest BCUT2D eigenvalue weighted by atomic mass is 35.5. The van der Waals surface area contributed by atoms with Crippen LogP contribution in [0.25, 0.3) is 16.9 Å². The van der Waals surface area contributed by atoms with Crippen LogP contribution in [-0.2, 0) is 6.54 Å². The summed E-state index contributed by atoms with van der Waals surface area (Å²) in [6.07, 6.45) is 2.08. The molecule has 0 saturated heterocycles. The SMILES string of the molecule is Cc1cc(-c2nc3c(C)cccn3c2CN(C)C)ccc1Cl. The van der Waals surface area contributed by atoms with Crippen LogP contribution in [0.1, 0.15) is 16.8 Å². The predicted molar refractivity (Wildman–Crippen MR) is 92.5 cm³/mol. The summed E-state index contributed by atoms with van der Waals surface area (Å²) < 4.78 is 2.19. The van der Waals surface area contributed by atoms with E-state index in [1.165, 1.54) is 11.3 Å². The number of imidazole rings is 1. The van der Waals surface area contributed by atoms with Crippen LogP contribution >= 0.6 is 11.6 Å². The zero-order valence-electron chi connectivity index (χ0n) is 13.4. The van der Waals surface area contributed by atoms with Crippen molar-refractivity contribution in [2.75, 3.05) is 14.1 Å². The number of benzene rings is 1. The molecule has 0 aliphatic heterocycles. The van der Waals surface area contributed by atoms with Crippen LogP contribution in [0.3, 0.4) is 0 Å². The topological polar surface area (TPSA) is 20.5 Å². The Labute approximate surface area is 136 Å². The molecule has 22 heavy (non-hydrogen) atoms. The lowest BCUT2D eigenvalue weighted by molar-refractivity contribution is 0.396. The number of aromatic nitrogens is 2. The molecule has 2 heterocycles. The van der Waals surface area contributed by atoms with Crippen molar-refractivity contribution in [1.82, 2.24) is 14.3 Å². The second-order valence-electron chi connectivity index (χ2n) is 5.99. The summed E-state index contributed by atoms with van der Waals surface area (Å²) in [5.41, 5.74) is 6.61. The van der Waals surface area contributed by atoms with Gasteiger partial charge in [-0.05, 0) is 57.3 Å². The lowest BCUT2D eigenvalue weighted by atomic mass is 10.1. The molecule has 0 saturated carbocycles. The number of hydrogen-bond acceptors (Lipinski definition) is 2. The second-order valence-corrected chi connectivity index (χ2v) is 6.40. The molecule has 0 unspecified atom stereocenters. The highest BCUT2D eigenvalue weighted by molar-refractivity contribution is 6.31. The molecule has 0 aliphatic rings. The lowest BCUT2D eigenvalue weighted by Gasteiger charge is -2.12. The first-order valence-electron chi connectivity index (χ1n) is 7.35. The van der Waals surface area contributed by atoms with Gasteiger partial charge in [0.25, 0.3) is 0 Å². The molecule has 3 aromatic rings. The van der Waals surface area contributed by atoms with Crippen molar-refractivity contribution in [2.24, 2.45) is 0 Å². The van der Waals surface area contributed by atoms with Crippen molar-refractivity contribution < 1.29 is 0 Å². The molecular formula is C18H20ClN3. The van der Waals surface area contributed by atoms with Gasteiger partial charge < -0.3 is 9.30 Å². The van der Waals surface area contributed by atoms with Gasteiger partial charge >= 0.3 is 0 Å². The van der Waals surface area contributed by atoms with Gasteiger partial charge in [0, 0.05) is 23.3 Å². The Balaban J connectivity index is 2.27. The summed E-state index contributed by atoms with van der Waals surface area (Å²) in [4.78, 5) is 7.06. The number of nitrogens with zero attached hydrogens (tertiary/aromatic N) is 3. The van der Waals surface area contributed by atoms with Gasteiger partial charge in [0.15, 0.2) is 0 Å². The Hall–Kier alpha value is -1.84. The minimum absolute atomic E-state index is 0.790. The highest BCUT2D eigenvalue weighted by Gasteiger charge is 2.16. The summed E-state index contributed by atoms with van der Waals surface area (Å²) >= 11 is 6.16. The molecule has 0 N–H and O–H groups in total. The van der Waals surface area contributed by atoms with Crippen molar-refractivity contribution in [3.05, 3.63) is 58.4 Å². The van der Waals surface area contributed by atoms with E-state index in [1.54, 1.807) is 0 Å². The van der Waals surface area contributed by atoms with E-state index < -0.39 is 0 Å². The second kappa shape index (κ2) is 5.75. The quantitative estimate of drug-likeness (QED) is 0.717. The van der Waals surface area contributed by atoms with Gasteiger partial charge in [-0.2, -0.15) is 0 Å². The van der Waals surface area contributed by atoms with E-state index in [-0.39, 0.29) is 0 Å². The van der Waals surface area contributed by atoms with Crippen LogP contribution in [-0.4, -0.2) is 28.4 Å². The van der Waals surface area contributed by atoms with Gasteiger partial charge in [-0.3, -0.25) is 0 Å². The van der Waals surface area contributed by atoms with Crippen LogP contribution < -0.4 is 0 Å². The minimum atomic E-state index is 0.790. The van der Waals surface area contributed by atoms with Gasteiger partial charge in [-0.25, -0.2) is 4.98 Å². The minimum Gasteiger partial charge on any atom is -0.304 e. The Morgan fingerprint density at radius 3 is 2.59 bits per heavy atom. The predicted octanol–water partition coefficient (Wildman–Crippen LogP) is 4.33. The smallest absolute Gasteiger partial charge is 0.140 e. The standard InChI is InChI=1S/C18H20ClN3/c1-12-6-5-9-22-16(11-21(3)4)17(20-18(12)22)14-7-8-15(19)13(2)10-14/h5-10H,11H2,1-4H3. The lowest BCUT2D eigenvalue weighted by Crippen LogP contribution is -2.13. The van der Waals surface area contributed by atoms with Crippen molar-refractivity contribution in [1.29, 1.82) is 0 Å². The molecule has 1 aromatic carbocycles. The van der Waals surface area contributed by atoms with Crippen LogP contribution in [0.2, 0.25) is 5.02 Å². The van der Waals surface area contributed by atoms with Gasteiger partial charge in [0.1, 0.15) is 5.65 Å². The van der Waals surface area contributed by atoms with E-state index in [4.69, 9.17) is 16.6 Å². The molecular weight excluding hydrogens is 294 g/mol. The molecule has 0 amide bonds. The van der Waals surface area contributed by atoms with Crippen molar-refractivity contribution >= 4 is 17.2 Å². The summed E-state index contributed by atoms with van der Waals surface area (Å²) in [6, 6.07) is 10.3. The summed E-state index contributed by atoms with van der Waals surface area (Å²) in [7, 11) is 4.15. The number of fused-ring (bicyclic) bond motifs is 1. The Bertz CT molecular complexity index is 834. The van der Waals surface area contributed by atoms with E-state index in [2.05, 4.69) is 54.7 Å². The Morgan fingerprint density at radius 2 is 1.91 bits per heavy atom. The molecule has 3 nitrogen and oxygen atoms in total. The highest BCUT2D eigenvalue weighted by Crippen LogP contribution is 2.29. The number of pyridine rings is 1.